The molecule has 5 nitrogen and oxygen atoms in total. The van der Waals surface area contributed by atoms with Gasteiger partial charge >= 0.3 is 0 Å². The van der Waals surface area contributed by atoms with Crippen LogP contribution in [0.4, 0.5) is 5.69 Å². The molecule has 0 radical (unpaired) electrons. The number of benzene rings is 1. The first-order chi connectivity index (χ1) is 9.16. The van der Waals surface area contributed by atoms with Gasteiger partial charge in [-0.1, -0.05) is 11.6 Å². The first-order valence-electron chi connectivity index (χ1n) is 6.42. The molecule has 6 heteroatoms. The van der Waals surface area contributed by atoms with Gasteiger partial charge in [-0.05, 0) is 37.4 Å². The van der Waals surface area contributed by atoms with E-state index in [1.54, 1.807) is 6.07 Å². The summed E-state index contributed by atoms with van der Waals surface area (Å²) in [6.07, 6.45) is 3.66. The van der Waals surface area contributed by atoms with Crippen LogP contribution >= 0.6 is 11.6 Å². The molecule has 19 heavy (non-hydrogen) atoms. The standard InChI is InChI=1S/C13H17ClN2O3/c14-13-8-11(16(17)18)4-3-10(13)9-15-6-5-12-2-1-7-19-12/h3-4,8,12,15H,1-2,5-7,9H2. The van der Waals surface area contributed by atoms with Crippen LogP contribution in [-0.4, -0.2) is 24.2 Å². The molecule has 1 aliphatic heterocycles. The highest BCUT2D eigenvalue weighted by Gasteiger charge is 2.14. The van der Waals surface area contributed by atoms with E-state index in [2.05, 4.69) is 5.32 Å². The van der Waals surface area contributed by atoms with Crippen molar-refractivity contribution in [2.45, 2.75) is 31.9 Å². The molecule has 1 heterocycles. The Kier molecular flexibility index (Phi) is 5.13. The maximum atomic E-state index is 10.6. The van der Waals surface area contributed by atoms with Crippen LogP contribution in [0.2, 0.25) is 5.02 Å². The zero-order chi connectivity index (χ0) is 13.7. The third-order valence-electron chi connectivity index (χ3n) is 3.23. The van der Waals surface area contributed by atoms with Gasteiger partial charge in [0, 0.05) is 25.3 Å². The van der Waals surface area contributed by atoms with E-state index in [0.717, 1.165) is 38.0 Å². The minimum atomic E-state index is -0.444. The quantitative estimate of drug-likeness (QED) is 0.495. The summed E-state index contributed by atoms with van der Waals surface area (Å²) >= 11 is 6.01. The van der Waals surface area contributed by atoms with Crippen molar-refractivity contribution in [3.05, 3.63) is 38.9 Å². The number of non-ortho nitro benzene ring substituents is 1. The number of halogens is 1. The molecule has 104 valence electrons. The highest BCUT2D eigenvalue weighted by molar-refractivity contribution is 6.31. The van der Waals surface area contributed by atoms with Crippen LogP contribution in [0.1, 0.15) is 24.8 Å². The minimum absolute atomic E-state index is 0.0214. The number of hydrogen-bond acceptors (Lipinski definition) is 4. The first-order valence-corrected chi connectivity index (χ1v) is 6.80. The fourth-order valence-electron chi connectivity index (χ4n) is 2.15. The predicted molar refractivity (Wildman–Crippen MR) is 73.4 cm³/mol. The van der Waals surface area contributed by atoms with Crippen LogP contribution < -0.4 is 5.32 Å². The van der Waals surface area contributed by atoms with Crippen molar-refractivity contribution in [1.29, 1.82) is 0 Å². The molecule has 1 fully saturated rings. The van der Waals surface area contributed by atoms with E-state index in [1.165, 1.54) is 12.1 Å². The average Bonchev–Trinajstić information content (AvgIpc) is 2.89. The van der Waals surface area contributed by atoms with Gasteiger partial charge in [-0.25, -0.2) is 0 Å². The van der Waals surface area contributed by atoms with Crippen molar-refractivity contribution in [1.82, 2.24) is 5.32 Å². The van der Waals surface area contributed by atoms with Crippen LogP contribution in [0.15, 0.2) is 18.2 Å². The Labute approximate surface area is 117 Å². The number of ether oxygens (including phenoxy) is 1. The Hall–Kier alpha value is -1.17. The second-order valence-corrected chi connectivity index (χ2v) is 5.04. The number of nitrogens with one attached hydrogen (secondary N) is 1. The van der Waals surface area contributed by atoms with Crippen molar-refractivity contribution in [2.75, 3.05) is 13.2 Å². The second-order valence-electron chi connectivity index (χ2n) is 4.63. The van der Waals surface area contributed by atoms with Crippen LogP contribution in [0.25, 0.3) is 0 Å². The molecular weight excluding hydrogens is 268 g/mol. The maximum Gasteiger partial charge on any atom is 0.270 e. The lowest BCUT2D eigenvalue weighted by Gasteiger charge is -2.10. The molecule has 0 aromatic heterocycles. The van der Waals surface area contributed by atoms with Crippen molar-refractivity contribution >= 4 is 17.3 Å². The van der Waals surface area contributed by atoms with E-state index >= 15 is 0 Å². The maximum absolute atomic E-state index is 10.6. The smallest absolute Gasteiger partial charge is 0.270 e. The lowest BCUT2D eigenvalue weighted by Crippen LogP contribution is -2.20. The van der Waals surface area contributed by atoms with E-state index in [0.29, 0.717) is 17.7 Å². The Morgan fingerprint density at radius 2 is 2.37 bits per heavy atom. The number of rotatable bonds is 6. The third-order valence-corrected chi connectivity index (χ3v) is 3.58. The third kappa shape index (κ3) is 4.16. The summed E-state index contributed by atoms with van der Waals surface area (Å²) in [5, 5.41) is 14.3. The van der Waals surface area contributed by atoms with Gasteiger partial charge in [-0.15, -0.1) is 0 Å². The Bertz CT molecular complexity index is 448. The molecular formula is C13H17ClN2O3. The fourth-order valence-corrected chi connectivity index (χ4v) is 2.39. The van der Waals surface area contributed by atoms with Crippen molar-refractivity contribution in [2.24, 2.45) is 0 Å². The zero-order valence-corrected chi connectivity index (χ0v) is 11.4. The molecule has 1 unspecified atom stereocenters. The molecule has 1 aliphatic rings. The highest BCUT2D eigenvalue weighted by atomic mass is 35.5. The van der Waals surface area contributed by atoms with Gasteiger partial charge in [0.05, 0.1) is 16.0 Å². The second kappa shape index (κ2) is 6.84. The Balaban J connectivity index is 1.77. The predicted octanol–water partition coefficient (Wildman–Crippen LogP) is 2.91. The summed E-state index contributed by atoms with van der Waals surface area (Å²) in [6.45, 7) is 2.35. The number of nitro benzene ring substituents is 1. The monoisotopic (exact) mass is 284 g/mol. The summed E-state index contributed by atoms with van der Waals surface area (Å²) < 4.78 is 5.53. The number of nitrogens with zero attached hydrogens (tertiary/aromatic N) is 1. The van der Waals surface area contributed by atoms with Crippen LogP contribution in [0.5, 0.6) is 0 Å². The van der Waals surface area contributed by atoms with E-state index in [4.69, 9.17) is 16.3 Å². The van der Waals surface area contributed by atoms with Crippen molar-refractivity contribution in [3.63, 3.8) is 0 Å². The number of nitro groups is 1. The summed E-state index contributed by atoms with van der Waals surface area (Å²) in [5.41, 5.74) is 0.896. The van der Waals surface area contributed by atoms with E-state index < -0.39 is 4.92 Å². The van der Waals surface area contributed by atoms with E-state index in [-0.39, 0.29) is 5.69 Å². The van der Waals surface area contributed by atoms with Gasteiger partial charge in [-0.3, -0.25) is 10.1 Å². The van der Waals surface area contributed by atoms with Gasteiger partial charge in [-0.2, -0.15) is 0 Å². The normalized spacial score (nSPS) is 18.7. The average molecular weight is 285 g/mol. The summed E-state index contributed by atoms with van der Waals surface area (Å²) in [5.74, 6) is 0. The highest BCUT2D eigenvalue weighted by Crippen LogP contribution is 2.22. The van der Waals surface area contributed by atoms with Crippen molar-refractivity contribution in [3.8, 4) is 0 Å². The van der Waals surface area contributed by atoms with Crippen LogP contribution in [0, 0.1) is 10.1 Å². The first kappa shape index (κ1) is 14.2. The zero-order valence-electron chi connectivity index (χ0n) is 10.6. The molecule has 1 saturated heterocycles. The molecule has 0 spiro atoms. The van der Waals surface area contributed by atoms with Gasteiger partial charge in [0.25, 0.3) is 5.69 Å². The fraction of sp³-hybridized carbons (Fsp3) is 0.538. The summed E-state index contributed by atoms with van der Waals surface area (Å²) in [6, 6.07) is 4.56. The van der Waals surface area contributed by atoms with E-state index in [9.17, 15) is 10.1 Å². The molecule has 0 amide bonds. The Morgan fingerprint density at radius 1 is 1.53 bits per heavy atom. The molecule has 2 rings (SSSR count). The lowest BCUT2D eigenvalue weighted by molar-refractivity contribution is -0.384. The van der Waals surface area contributed by atoms with Crippen molar-refractivity contribution < 1.29 is 9.66 Å². The molecule has 1 aromatic rings. The molecule has 0 saturated carbocycles. The van der Waals surface area contributed by atoms with Crippen LogP contribution in [-0.2, 0) is 11.3 Å². The minimum Gasteiger partial charge on any atom is -0.378 e. The van der Waals surface area contributed by atoms with Crippen LogP contribution in [0.3, 0.4) is 0 Å². The molecule has 1 aromatic carbocycles. The van der Waals surface area contributed by atoms with Gasteiger partial charge in [0.1, 0.15) is 0 Å². The molecule has 0 bridgehead atoms. The van der Waals surface area contributed by atoms with Gasteiger partial charge in [0.2, 0.25) is 0 Å². The Morgan fingerprint density at radius 3 is 3.00 bits per heavy atom. The van der Waals surface area contributed by atoms with E-state index in [1.807, 2.05) is 0 Å². The molecule has 1 N–H and O–H groups in total. The summed E-state index contributed by atoms with van der Waals surface area (Å²) in [4.78, 5) is 10.1. The molecule has 1 atom stereocenters. The molecule has 0 aliphatic carbocycles. The summed E-state index contributed by atoms with van der Waals surface area (Å²) in [7, 11) is 0. The SMILES string of the molecule is O=[N+]([O-])c1ccc(CNCCC2CCCO2)c(Cl)c1. The van der Waals surface area contributed by atoms with Gasteiger partial charge in [0.15, 0.2) is 0 Å². The van der Waals surface area contributed by atoms with Gasteiger partial charge < -0.3 is 10.1 Å². The largest absolute Gasteiger partial charge is 0.378 e. The topological polar surface area (TPSA) is 64.4 Å². The number of hydrogen-bond donors (Lipinski definition) is 1. The lowest BCUT2D eigenvalue weighted by atomic mass is 10.1.